The van der Waals surface area contributed by atoms with Gasteiger partial charge in [0.05, 0.1) is 0 Å². The Morgan fingerprint density at radius 1 is 1.17 bits per heavy atom. The molecule has 0 aliphatic heterocycles. The molecule has 0 aromatic carbocycles. The Morgan fingerprint density at radius 2 is 1.75 bits per heavy atom. The molecule has 0 rings (SSSR count). The Morgan fingerprint density at radius 3 is 2.17 bits per heavy atom. The molecule has 0 radical (unpaired) electrons. The van der Waals surface area contributed by atoms with Crippen molar-refractivity contribution in [2.24, 2.45) is 5.41 Å². The topological polar surface area (TPSA) is 23.5 Å². The standard InChI is InChI=1S/C10H23NO/c1-10(2,3)6-8-11(4)7-5-9-12/h12H,5-9H2,1-4H3. The molecule has 0 aliphatic carbocycles. The average Bonchev–Trinajstić information content (AvgIpc) is 1.95. The van der Waals surface area contributed by atoms with E-state index in [1.165, 1.54) is 6.42 Å². The summed E-state index contributed by atoms with van der Waals surface area (Å²) in [5, 5.41) is 8.62. The van der Waals surface area contributed by atoms with Gasteiger partial charge in [0.1, 0.15) is 0 Å². The number of hydrogen-bond donors (Lipinski definition) is 1. The molecule has 0 aromatic rings. The van der Waals surface area contributed by atoms with Gasteiger partial charge in [-0.05, 0) is 31.8 Å². The molecule has 0 unspecified atom stereocenters. The molecule has 2 nitrogen and oxygen atoms in total. The second-order valence-electron chi connectivity index (χ2n) is 4.69. The van der Waals surface area contributed by atoms with Crippen LogP contribution in [0, 0.1) is 5.41 Å². The number of hydrogen-bond acceptors (Lipinski definition) is 2. The van der Waals surface area contributed by atoms with Crippen LogP contribution in [0.25, 0.3) is 0 Å². The van der Waals surface area contributed by atoms with E-state index in [0.29, 0.717) is 12.0 Å². The Hall–Kier alpha value is -0.0800. The highest BCUT2D eigenvalue weighted by atomic mass is 16.3. The molecule has 12 heavy (non-hydrogen) atoms. The Kier molecular flexibility index (Phi) is 5.51. The average molecular weight is 173 g/mol. The lowest BCUT2D eigenvalue weighted by atomic mass is 9.92. The van der Waals surface area contributed by atoms with E-state index in [-0.39, 0.29) is 0 Å². The van der Waals surface area contributed by atoms with E-state index in [4.69, 9.17) is 5.11 Å². The summed E-state index contributed by atoms with van der Waals surface area (Å²) in [4.78, 5) is 2.28. The van der Waals surface area contributed by atoms with Gasteiger partial charge in [-0.15, -0.1) is 0 Å². The first-order chi connectivity index (χ1) is 5.45. The largest absolute Gasteiger partial charge is 0.396 e. The van der Waals surface area contributed by atoms with Crippen LogP contribution in [0.5, 0.6) is 0 Å². The second-order valence-corrected chi connectivity index (χ2v) is 4.69. The molecule has 0 aliphatic rings. The molecule has 0 heterocycles. The Labute approximate surface area is 76.6 Å². The van der Waals surface area contributed by atoms with Crippen LogP contribution in [0.15, 0.2) is 0 Å². The van der Waals surface area contributed by atoms with Gasteiger partial charge in [-0.3, -0.25) is 0 Å². The van der Waals surface area contributed by atoms with E-state index >= 15 is 0 Å². The van der Waals surface area contributed by atoms with Gasteiger partial charge in [0, 0.05) is 13.2 Å². The lowest BCUT2D eigenvalue weighted by Gasteiger charge is -2.23. The monoisotopic (exact) mass is 173 g/mol. The fraction of sp³-hybridized carbons (Fsp3) is 1.00. The number of rotatable bonds is 5. The van der Waals surface area contributed by atoms with Crippen LogP contribution in [0.4, 0.5) is 0 Å². The highest BCUT2D eigenvalue weighted by molar-refractivity contribution is 4.63. The molecule has 1 N–H and O–H groups in total. The third-order valence-electron chi connectivity index (χ3n) is 1.94. The summed E-state index contributed by atoms with van der Waals surface area (Å²) < 4.78 is 0. The lowest BCUT2D eigenvalue weighted by Crippen LogP contribution is -2.25. The minimum absolute atomic E-state index is 0.305. The Bertz CT molecular complexity index is 107. The maximum Gasteiger partial charge on any atom is 0.0443 e. The van der Waals surface area contributed by atoms with Crippen molar-refractivity contribution in [1.29, 1.82) is 0 Å². The van der Waals surface area contributed by atoms with Crippen LogP contribution in [0.1, 0.15) is 33.6 Å². The molecule has 0 fully saturated rings. The summed E-state index contributed by atoms with van der Waals surface area (Å²) in [7, 11) is 2.11. The summed E-state index contributed by atoms with van der Waals surface area (Å²) in [6.07, 6.45) is 2.11. The predicted octanol–water partition coefficient (Wildman–Crippen LogP) is 1.74. The van der Waals surface area contributed by atoms with Gasteiger partial charge in [-0.2, -0.15) is 0 Å². The smallest absolute Gasteiger partial charge is 0.0443 e. The lowest BCUT2D eigenvalue weighted by molar-refractivity contribution is 0.227. The maximum atomic E-state index is 8.62. The maximum absolute atomic E-state index is 8.62. The van der Waals surface area contributed by atoms with E-state index in [1.54, 1.807) is 0 Å². The summed E-state index contributed by atoms with van der Waals surface area (Å²) >= 11 is 0. The van der Waals surface area contributed by atoms with Gasteiger partial charge < -0.3 is 10.0 Å². The zero-order chi connectivity index (χ0) is 9.61. The van der Waals surface area contributed by atoms with Crippen molar-refractivity contribution in [1.82, 2.24) is 4.90 Å². The van der Waals surface area contributed by atoms with Gasteiger partial charge in [0.2, 0.25) is 0 Å². The molecule has 0 saturated heterocycles. The quantitative estimate of drug-likeness (QED) is 0.684. The first-order valence-corrected chi connectivity index (χ1v) is 4.75. The zero-order valence-electron chi connectivity index (χ0n) is 8.93. The molecule has 0 aromatic heterocycles. The fourth-order valence-corrected chi connectivity index (χ4v) is 0.979. The van der Waals surface area contributed by atoms with E-state index in [2.05, 4.69) is 32.7 Å². The number of aliphatic hydroxyl groups is 1. The highest BCUT2D eigenvalue weighted by Gasteiger charge is 2.10. The van der Waals surface area contributed by atoms with Crippen molar-refractivity contribution < 1.29 is 5.11 Å². The normalized spacial score (nSPS) is 12.5. The van der Waals surface area contributed by atoms with E-state index in [9.17, 15) is 0 Å². The number of nitrogens with zero attached hydrogens (tertiary/aromatic N) is 1. The van der Waals surface area contributed by atoms with Gasteiger partial charge in [0.25, 0.3) is 0 Å². The third-order valence-corrected chi connectivity index (χ3v) is 1.94. The molecule has 0 amide bonds. The van der Waals surface area contributed by atoms with E-state index in [0.717, 1.165) is 19.5 Å². The minimum Gasteiger partial charge on any atom is -0.396 e. The van der Waals surface area contributed by atoms with Crippen molar-refractivity contribution in [3.63, 3.8) is 0 Å². The Balaban J connectivity index is 3.37. The predicted molar refractivity (Wildman–Crippen MR) is 53.3 cm³/mol. The van der Waals surface area contributed by atoms with Crippen molar-refractivity contribution in [3.05, 3.63) is 0 Å². The van der Waals surface area contributed by atoms with Crippen LogP contribution in [-0.2, 0) is 0 Å². The summed E-state index contributed by atoms with van der Waals surface area (Å²) in [6, 6.07) is 0. The van der Waals surface area contributed by atoms with Gasteiger partial charge >= 0.3 is 0 Å². The van der Waals surface area contributed by atoms with Gasteiger partial charge in [0.15, 0.2) is 0 Å². The van der Waals surface area contributed by atoms with E-state index in [1.807, 2.05) is 0 Å². The van der Waals surface area contributed by atoms with Crippen molar-refractivity contribution >= 4 is 0 Å². The summed E-state index contributed by atoms with van der Waals surface area (Å²) in [5.74, 6) is 0. The van der Waals surface area contributed by atoms with Crippen LogP contribution >= 0.6 is 0 Å². The highest BCUT2D eigenvalue weighted by Crippen LogP contribution is 2.18. The van der Waals surface area contributed by atoms with Crippen LogP contribution in [0.2, 0.25) is 0 Å². The molecule has 0 saturated carbocycles. The van der Waals surface area contributed by atoms with Crippen LogP contribution in [0.3, 0.4) is 0 Å². The second kappa shape index (κ2) is 5.55. The molecule has 74 valence electrons. The van der Waals surface area contributed by atoms with Crippen molar-refractivity contribution in [2.45, 2.75) is 33.6 Å². The SMILES string of the molecule is CN(CCCO)CCC(C)(C)C. The first-order valence-electron chi connectivity index (χ1n) is 4.75. The molecular formula is C10H23NO. The molecule has 0 bridgehead atoms. The fourth-order valence-electron chi connectivity index (χ4n) is 0.979. The summed E-state index contributed by atoms with van der Waals surface area (Å²) in [5.41, 5.74) is 0.424. The minimum atomic E-state index is 0.305. The van der Waals surface area contributed by atoms with Gasteiger partial charge in [-0.1, -0.05) is 20.8 Å². The third kappa shape index (κ3) is 8.02. The zero-order valence-corrected chi connectivity index (χ0v) is 8.93. The molecule has 2 heteroatoms. The van der Waals surface area contributed by atoms with Crippen LogP contribution in [-0.4, -0.2) is 36.8 Å². The molecule has 0 atom stereocenters. The molecular weight excluding hydrogens is 150 g/mol. The van der Waals surface area contributed by atoms with Crippen molar-refractivity contribution in [2.75, 3.05) is 26.7 Å². The van der Waals surface area contributed by atoms with Gasteiger partial charge in [-0.25, -0.2) is 0 Å². The molecule has 0 spiro atoms. The number of aliphatic hydroxyl groups excluding tert-OH is 1. The summed E-state index contributed by atoms with van der Waals surface area (Å²) in [6.45, 7) is 9.21. The van der Waals surface area contributed by atoms with Crippen molar-refractivity contribution in [3.8, 4) is 0 Å². The van der Waals surface area contributed by atoms with Crippen LogP contribution < -0.4 is 0 Å². The van der Waals surface area contributed by atoms with E-state index < -0.39 is 0 Å². The first kappa shape index (κ1) is 11.9.